The van der Waals surface area contributed by atoms with Crippen LogP contribution in [-0.2, 0) is 11.3 Å². The van der Waals surface area contributed by atoms with Crippen LogP contribution in [0.4, 0.5) is 8.78 Å². The van der Waals surface area contributed by atoms with Crippen LogP contribution >= 0.6 is 0 Å². The fraction of sp³-hybridized carbons (Fsp3) is 0.615. The molecule has 0 spiro atoms. The predicted octanol–water partition coefficient (Wildman–Crippen LogP) is 1.11. The van der Waals surface area contributed by atoms with Gasteiger partial charge in [0.2, 0.25) is 5.91 Å². The van der Waals surface area contributed by atoms with E-state index in [9.17, 15) is 13.6 Å². The van der Waals surface area contributed by atoms with Crippen LogP contribution < -0.4 is 0 Å². The van der Waals surface area contributed by atoms with Gasteiger partial charge in [-0.25, -0.2) is 8.78 Å². The highest BCUT2D eigenvalue weighted by atomic mass is 19.3. The van der Waals surface area contributed by atoms with Gasteiger partial charge >= 0.3 is 0 Å². The van der Waals surface area contributed by atoms with Crippen molar-refractivity contribution < 1.29 is 23.1 Å². The molecule has 0 aliphatic rings. The Balaban J connectivity index is 2.50. The van der Waals surface area contributed by atoms with E-state index in [1.54, 1.807) is 26.1 Å². The molecule has 5 nitrogen and oxygen atoms in total. The number of likely N-dealkylation sites (N-methyl/N-ethyl adjacent to an activating group) is 1. The summed E-state index contributed by atoms with van der Waals surface area (Å²) in [7, 11) is 1.58. The summed E-state index contributed by atoms with van der Waals surface area (Å²) in [5, 5.41) is 8.81. The lowest BCUT2D eigenvalue weighted by molar-refractivity contribution is -0.132. The number of hydrogen-bond acceptors (Lipinski definition) is 4. The topological polar surface area (TPSA) is 56.9 Å². The average molecular weight is 290 g/mol. The molecule has 0 unspecified atom stereocenters. The maximum absolute atomic E-state index is 12.3. The molecule has 0 fully saturated rings. The number of alkyl halides is 2. The van der Waals surface area contributed by atoms with E-state index in [1.165, 1.54) is 9.80 Å². The zero-order valence-corrected chi connectivity index (χ0v) is 11.7. The number of rotatable bonds is 8. The van der Waals surface area contributed by atoms with Gasteiger partial charge in [0.05, 0.1) is 26.2 Å². The van der Waals surface area contributed by atoms with Crippen LogP contribution in [0.1, 0.15) is 11.5 Å². The highest BCUT2D eigenvalue weighted by Gasteiger charge is 2.18. The van der Waals surface area contributed by atoms with E-state index in [0.717, 1.165) is 5.76 Å². The van der Waals surface area contributed by atoms with Crippen molar-refractivity contribution in [3.8, 4) is 0 Å². The number of hydrogen-bond donors (Lipinski definition) is 1. The first-order chi connectivity index (χ1) is 9.42. The molecule has 1 heterocycles. The van der Waals surface area contributed by atoms with Crippen LogP contribution in [0.3, 0.4) is 0 Å². The van der Waals surface area contributed by atoms with Crippen molar-refractivity contribution >= 4 is 5.91 Å². The third kappa shape index (κ3) is 5.66. The van der Waals surface area contributed by atoms with Crippen LogP contribution in [0.2, 0.25) is 0 Å². The molecule has 114 valence electrons. The first kappa shape index (κ1) is 16.6. The molecule has 0 aromatic carbocycles. The molecule has 20 heavy (non-hydrogen) atoms. The Morgan fingerprint density at radius 2 is 2.15 bits per heavy atom. The van der Waals surface area contributed by atoms with Gasteiger partial charge in [-0.3, -0.25) is 9.69 Å². The Morgan fingerprint density at radius 1 is 1.45 bits per heavy atom. The molecule has 0 aliphatic heterocycles. The number of carbonyl (C=O) groups excluding carboxylic acids is 1. The van der Waals surface area contributed by atoms with Gasteiger partial charge in [0.25, 0.3) is 6.43 Å². The SMILES string of the molecule is Cc1ccc(CN(C)C(=O)CN(CCO)CC(F)F)o1. The van der Waals surface area contributed by atoms with Crippen molar-refractivity contribution in [3.05, 3.63) is 23.7 Å². The first-order valence-electron chi connectivity index (χ1n) is 6.33. The predicted molar refractivity (Wildman–Crippen MR) is 69.4 cm³/mol. The molecule has 1 rings (SSSR count). The van der Waals surface area contributed by atoms with Gasteiger partial charge in [-0.05, 0) is 19.1 Å². The summed E-state index contributed by atoms with van der Waals surface area (Å²) < 4.78 is 30.0. The second-order valence-electron chi connectivity index (χ2n) is 4.61. The van der Waals surface area contributed by atoms with Crippen LogP contribution in [0.5, 0.6) is 0 Å². The molecule has 1 aromatic heterocycles. The molecule has 1 aromatic rings. The van der Waals surface area contributed by atoms with Crippen molar-refractivity contribution in [1.29, 1.82) is 0 Å². The number of carbonyl (C=O) groups is 1. The van der Waals surface area contributed by atoms with Gasteiger partial charge in [0, 0.05) is 13.6 Å². The second-order valence-corrected chi connectivity index (χ2v) is 4.61. The zero-order chi connectivity index (χ0) is 15.1. The molecule has 0 radical (unpaired) electrons. The second kappa shape index (κ2) is 7.96. The maximum Gasteiger partial charge on any atom is 0.251 e. The summed E-state index contributed by atoms with van der Waals surface area (Å²) in [4.78, 5) is 14.6. The molecule has 7 heteroatoms. The smallest absolute Gasteiger partial charge is 0.251 e. The lowest BCUT2D eigenvalue weighted by Crippen LogP contribution is -2.41. The summed E-state index contributed by atoms with van der Waals surface area (Å²) >= 11 is 0. The van der Waals surface area contributed by atoms with E-state index < -0.39 is 13.0 Å². The molecule has 0 atom stereocenters. The number of aliphatic hydroxyl groups is 1. The van der Waals surface area contributed by atoms with E-state index in [4.69, 9.17) is 9.52 Å². The Bertz CT molecular complexity index is 424. The minimum absolute atomic E-state index is 0.0454. The third-order valence-corrected chi connectivity index (χ3v) is 2.79. The van der Waals surface area contributed by atoms with E-state index in [1.807, 2.05) is 0 Å². The van der Waals surface area contributed by atoms with Crippen LogP contribution in [0.25, 0.3) is 0 Å². The largest absolute Gasteiger partial charge is 0.464 e. The molecule has 0 saturated carbocycles. The van der Waals surface area contributed by atoms with Crippen molar-refractivity contribution in [3.63, 3.8) is 0 Å². The number of furan rings is 1. The number of amides is 1. The zero-order valence-electron chi connectivity index (χ0n) is 11.7. The molecular weight excluding hydrogens is 270 g/mol. The van der Waals surface area contributed by atoms with Gasteiger partial charge in [0.1, 0.15) is 11.5 Å². The highest BCUT2D eigenvalue weighted by Crippen LogP contribution is 2.09. The lowest BCUT2D eigenvalue weighted by Gasteiger charge is -2.23. The number of halogens is 2. The van der Waals surface area contributed by atoms with Gasteiger partial charge in [-0.1, -0.05) is 0 Å². The number of nitrogens with zero attached hydrogens (tertiary/aromatic N) is 2. The third-order valence-electron chi connectivity index (χ3n) is 2.79. The Morgan fingerprint density at radius 3 is 2.65 bits per heavy atom. The minimum Gasteiger partial charge on any atom is -0.464 e. The van der Waals surface area contributed by atoms with E-state index in [-0.39, 0.29) is 32.1 Å². The molecule has 0 aliphatic carbocycles. The lowest BCUT2D eigenvalue weighted by atomic mass is 10.3. The van der Waals surface area contributed by atoms with Gasteiger partial charge in [0.15, 0.2) is 0 Å². The number of aliphatic hydroxyl groups excluding tert-OH is 1. The Labute approximate surface area is 116 Å². The van der Waals surface area contributed by atoms with Crippen LogP contribution in [0, 0.1) is 6.92 Å². The molecular formula is C13H20F2N2O3. The van der Waals surface area contributed by atoms with E-state index in [0.29, 0.717) is 5.76 Å². The van der Waals surface area contributed by atoms with Crippen LogP contribution in [0.15, 0.2) is 16.5 Å². The summed E-state index contributed by atoms with van der Waals surface area (Å²) in [5.41, 5.74) is 0. The van der Waals surface area contributed by atoms with Gasteiger partial charge in [-0.15, -0.1) is 0 Å². The summed E-state index contributed by atoms with van der Waals surface area (Å²) in [6.07, 6.45) is -2.53. The Kier molecular flexibility index (Phi) is 6.60. The normalized spacial score (nSPS) is 11.3. The highest BCUT2D eigenvalue weighted by molar-refractivity contribution is 5.77. The molecule has 1 amide bonds. The van der Waals surface area contributed by atoms with E-state index in [2.05, 4.69) is 0 Å². The van der Waals surface area contributed by atoms with Crippen molar-refractivity contribution in [2.24, 2.45) is 0 Å². The molecule has 0 bridgehead atoms. The maximum atomic E-state index is 12.3. The summed E-state index contributed by atoms with van der Waals surface area (Å²) in [5.74, 6) is 1.09. The average Bonchev–Trinajstić information content (AvgIpc) is 2.74. The van der Waals surface area contributed by atoms with Crippen molar-refractivity contribution in [2.75, 3.05) is 33.3 Å². The molecule has 1 N–H and O–H groups in total. The van der Waals surface area contributed by atoms with Crippen molar-refractivity contribution in [2.45, 2.75) is 19.9 Å². The first-order valence-corrected chi connectivity index (χ1v) is 6.33. The standard InChI is InChI=1S/C13H20F2N2O3/c1-10-3-4-11(20-10)7-16(2)13(19)9-17(5-6-18)8-12(14)15/h3-4,12,18H,5-9H2,1-2H3. The monoisotopic (exact) mass is 290 g/mol. The fourth-order valence-corrected chi connectivity index (χ4v) is 1.78. The van der Waals surface area contributed by atoms with Crippen LogP contribution in [-0.4, -0.2) is 60.5 Å². The van der Waals surface area contributed by atoms with Gasteiger partial charge < -0.3 is 14.4 Å². The Hall–Kier alpha value is -1.47. The van der Waals surface area contributed by atoms with E-state index >= 15 is 0 Å². The fourth-order valence-electron chi connectivity index (χ4n) is 1.78. The minimum atomic E-state index is -2.53. The quantitative estimate of drug-likeness (QED) is 0.779. The molecule has 0 saturated heterocycles. The summed E-state index contributed by atoms with van der Waals surface area (Å²) in [6, 6.07) is 3.56. The number of aryl methyl sites for hydroxylation is 1. The summed E-state index contributed by atoms with van der Waals surface area (Å²) in [6.45, 7) is 1.19. The van der Waals surface area contributed by atoms with Gasteiger partial charge in [-0.2, -0.15) is 0 Å². The van der Waals surface area contributed by atoms with Crippen molar-refractivity contribution in [1.82, 2.24) is 9.80 Å².